The van der Waals surface area contributed by atoms with Crippen molar-refractivity contribution in [1.29, 1.82) is 0 Å². The quantitative estimate of drug-likeness (QED) is 0.925. The number of halogens is 2. The maximum absolute atomic E-state index is 13.0. The van der Waals surface area contributed by atoms with Crippen molar-refractivity contribution in [3.05, 3.63) is 30.1 Å². The minimum absolute atomic E-state index is 0.212. The van der Waals surface area contributed by atoms with Gasteiger partial charge in [-0.05, 0) is 24.5 Å². The summed E-state index contributed by atoms with van der Waals surface area (Å²) in [4.78, 5) is 9.83. The van der Waals surface area contributed by atoms with Gasteiger partial charge in [-0.15, -0.1) is 0 Å². The molecule has 1 N–H and O–H groups in total. The summed E-state index contributed by atoms with van der Waals surface area (Å²) in [5.41, 5.74) is 0.505. The first-order chi connectivity index (χ1) is 10.1. The monoisotopic (exact) mass is 293 g/mol. The number of rotatable bonds is 2. The average Bonchev–Trinajstić information content (AvgIpc) is 2.49. The Kier molecular flexibility index (Phi) is 3.71. The van der Waals surface area contributed by atoms with Gasteiger partial charge in [0.25, 0.3) is 6.43 Å². The maximum Gasteiger partial charge on any atom is 0.297 e. The van der Waals surface area contributed by atoms with Gasteiger partial charge in [-0.2, -0.15) is 0 Å². The van der Waals surface area contributed by atoms with Crippen LogP contribution in [0, 0.1) is 5.92 Å². The molecule has 1 aromatic heterocycles. The molecular formula is C15H17F2N3O. The molecule has 0 bridgehead atoms. The van der Waals surface area contributed by atoms with Crippen molar-refractivity contribution in [1.82, 2.24) is 9.97 Å². The van der Waals surface area contributed by atoms with Crippen LogP contribution in [0.2, 0.25) is 0 Å². The van der Waals surface area contributed by atoms with E-state index >= 15 is 0 Å². The molecular weight excluding hydrogens is 276 g/mol. The zero-order chi connectivity index (χ0) is 15.0. The van der Waals surface area contributed by atoms with Crippen LogP contribution in [0.4, 0.5) is 14.6 Å². The van der Waals surface area contributed by atoms with Crippen LogP contribution in [-0.2, 0) is 0 Å². The fraction of sp³-hybridized carbons (Fsp3) is 0.467. The summed E-state index contributed by atoms with van der Waals surface area (Å²) in [5, 5.41) is 10.8. The van der Waals surface area contributed by atoms with Crippen molar-refractivity contribution in [2.75, 3.05) is 18.0 Å². The molecule has 1 fully saturated rings. The van der Waals surface area contributed by atoms with Gasteiger partial charge in [0, 0.05) is 18.5 Å². The van der Waals surface area contributed by atoms with Gasteiger partial charge >= 0.3 is 0 Å². The molecule has 6 heteroatoms. The van der Waals surface area contributed by atoms with E-state index in [1.54, 1.807) is 12.1 Å². The predicted octanol–water partition coefficient (Wildman–Crippen LogP) is 2.77. The Hall–Kier alpha value is -1.82. The second kappa shape index (κ2) is 5.52. The van der Waals surface area contributed by atoms with Crippen molar-refractivity contribution in [2.45, 2.75) is 25.9 Å². The molecule has 112 valence electrons. The molecule has 2 atom stereocenters. The number of hydrogen-bond acceptors (Lipinski definition) is 4. The number of nitrogens with zero attached hydrogens (tertiary/aromatic N) is 3. The Bertz CT molecular complexity index is 650. The molecule has 1 aromatic carbocycles. The minimum atomic E-state index is -2.71. The number of benzene rings is 1. The van der Waals surface area contributed by atoms with E-state index in [0.29, 0.717) is 24.4 Å². The van der Waals surface area contributed by atoms with Crippen molar-refractivity contribution in [3.63, 3.8) is 0 Å². The fourth-order valence-corrected chi connectivity index (χ4v) is 2.66. The Morgan fingerprint density at radius 1 is 1.29 bits per heavy atom. The lowest BCUT2D eigenvalue weighted by Gasteiger charge is -2.35. The Morgan fingerprint density at radius 3 is 2.76 bits per heavy atom. The zero-order valence-electron chi connectivity index (χ0n) is 11.7. The average molecular weight is 293 g/mol. The first-order valence-corrected chi connectivity index (χ1v) is 7.04. The predicted molar refractivity (Wildman–Crippen MR) is 76.5 cm³/mol. The van der Waals surface area contributed by atoms with Crippen LogP contribution in [0.1, 0.15) is 25.6 Å². The lowest BCUT2D eigenvalue weighted by atomic mass is 9.96. The van der Waals surface area contributed by atoms with Crippen LogP contribution in [0.5, 0.6) is 0 Å². The molecule has 2 aromatic rings. The topological polar surface area (TPSA) is 49.2 Å². The number of aliphatic hydroxyl groups is 1. The molecule has 4 nitrogen and oxygen atoms in total. The van der Waals surface area contributed by atoms with Gasteiger partial charge in [0.1, 0.15) is 5.82 Å². The number of para-hydroxylation sites is 1. The highest BCUT2D eigenvalue weighted by molar-refractivity contribution is 5.89. The highest BCUT2D eigenvalue weighted by Gasteiger charge is 2.27. The van der Waals surface area contributed by atoms with Gasteiger partial charge in [0.05, 0.1) is 11.6 Å². The number of anilines is 1. The first kappa shape index (κ1) is 14.1. The summed E-state index contributed by atoms with van der Waals surface area (Å²) in [6, 6.07) is 7.13. The second-order valence-corrected chi connectivity index (χ2v) is 5.50. The van der Waals surface area contributed by atoms with Gasteiger partial charge in [0.15, 0.2) is 5.82 Å². The minimum Gasteiger partial charge on any atom is -0.391 e. The number of hydrogen-bond donors (Lipinski definition) is 1. The van der Waals surface area contributed by atoms with E-state index in [1.165, 1.54) is 0 Å². The molecule has 0 saturated carbocycles. The standard InChI is InChI=1S/C15H17F2N3O/c1-9-6-7-20(8-12(9)21)15-10-4-2-3-5-11(10)18-14(19-15)13(16)17/h2-5,9,12-13,21H,6-8H2,1H3. The molecule has 0 radical (unpaired) electrons. The fourth-order valence-electron chi connectivity index (χ4n) is 2.66. The smallest absolute Gasteiger partial charge is 0.297 e. The third kappa shape index (κ3) is 2.68. The van der Waals surface area contributed by atoms with Crippen molar-refractivity contribution in [3.8, 4) is 0 Å². The van der Waals surface area contributed by atoms with E-state index in [-0.39, 0.29) is 5.92 Å². The number of aromatic nitrogens is 2. The number of β-amino-alcohol motifs (C(OH)–C–C–N with tert-alkyl or cyclic N) is 1. The molecule has 1 aliphatic heterocycles. The Balaban J connectivity index is 2.07. The third-order valence-electron chi connectivity index (χ3n) is 4.01. The summed E-state index contributed by atoms with van der Waals surface area (Å²) in [5.74, 6) is 0.239. The summed E-state index contributed by atoms with van der Waals surface area (Å²) < 4.78 is 26.0. The summed E-state index contributed by atoms with van der Waals surface area (Å²) in [6.45, 7) is 3.09. The van der Waals surface area contributed by atoms with Gasteiger partial charge in [0.2, 0.25) is 0 Å². The van der Waals surface area contributed by atoms with Crippen LogP contribution >= 0.6 is 0 Å². The zero-order valence-corrected chi connectivity index (χ0v) is 11.7. The van der Waals surface area contributed by atoms with Crippen LogP contribution < -0.4 is 4.90 Å². The van der Waals surface area contributed by atoms with Crippen molar-refractivity contribution < 1.29 is 13.9 Å². The molecule has 0 amide bonds. The van der Waals surface area contributed by atoms with E-state index < -0.39 is 18.4 Å². The lowest BCUT2D eigenvalue weighted by Crippen LogP contribution is -2.43. The summed E-state index contributed by atoms with van der Waals surface area (Å²) in [7, 11) is 0. The largest absolute Gasteiger partial charge is 0.391 e. The number of piperidine rings is 1. The maximum atomic E-state index is 13.0. The van der Waals surface area contributed by atoms with Gasteiger partial charge < -0.3 is 10.0 Å². The molecule has 21 heavy (non-hydrogen) atoms. The van der Waals surface area contributed by atoms with Crippen molar-refractivity contribution in [2.24, 2.45) is 5.92 Å². The molecule has 2 unspecified atom stereocenters. The van der Waals surface area contributed by atoms with E-state index in [1.807, 2.05) is 24.0 Å². The lowest BCUT2D eigenvalue weighted by molar-refractivity contribution is 0.102. The second-order valence-electron chi connectivity index (χ2n) is 5.50. The summed E-state index contributed by atoms with van der Waals surface area (Å²) >= 11 is 0. The highest BCUT2D eigenvalue weighted by atomic mass is 19.3. The van der Waals surface area contributed by atoms with E-state index in [2.05, 4.69) is 9.97 Å². The van der Waals surface area contributed by atoms with Crippen LogP contribution in [0.25, 0.3) is 10.9 Å². The van der Waals surface area contributed by atoms with Gasteiger partial charge in [-0.1, -0.05) is 19.1 Å². The van der Waals surface area contributed by atoms with Gasteiger partial charge in [-0.3, -0.25) is 0 Å². The van der Waals surface area contributed by atoms with Crippen molar-refractivity contribution >= 4 is 16.7 Å². The number of aliphatic hydroxyl groups excluding tert-OH is 1. The molecule has 0 spiro atoms. The first-order valence-electron chi connectivity index (χ1n) is 7.04. The SMILES string of the molecule is CC1CCN(c2nc(C(F)F)nc3ccccc23)CC1O. The summed E-state index contributed by atoms with van der Waals surface area (Å²) in [6.07, 6.45) is -2.37. The molecule has 1 aliphatic rings. The molecule has 2 heterocycles. The molecule has 0 aliphatic carbocycles. The van der Waals surface area contributed by atoms with Gasteiger partial charge in [-0.25, -0.2) is 18.7 Å². The number of fused-ring (bicyclic) bond motifs is 1. The number of alkyl halides is 2. The Labute approximate surface area is 121 Å². The third-order valence-corrected chi connectivity index (χ3v) is 4.01. The highest BCUT2D eigenvalue weighted by Crippen LogP contribution is 2.30. The normalized spacial score (nSPS) is 23.0. The molecule has 3 rings (SSSR count). The Morgan fingerprint density at radius 2 is 2.05 bits per heavy atom. The van der Waals surface area contributed by atoms with E-state index in [0.717, 1.165) is 11.8 Å². The van der Waals surface area contributed by atoms with Crippen LogP contribution in [0.15, 0.2) is 24.3 Å². The van der Waals surface area contributed by atoms with Crippen LogP contribution in [0.3, 0.4) is 0 Å². The van der Waals surface area contributed by atoms with E-state index in [4.69, 9.17) is 0 Å². The van der Waals surface area contributed by atoms with E-state index in [9.17, 15) is 13.9 Å². The van der Waals surface area contributed by atoms with Crippen LogP contribution in [-0.4, -0.2) is 34.3 Å². The molecule has 1 saturated heterocycles.